The molecule has 22 heavy (non-hydrogen) atoms. The monoisotopic (exact) mass is 312 g/mol. The largest absolute Gasteiger partial charge is 0.335 e. The van der Waals surface area contributed by atoms with Gasteiger partial charge in [0.2, 0.25) is 0 Å². The maximum atomic E-state index is 12.4. The minimum absolute atomic E-state index is 0.130. The van der Waals surface area contributed by atoms with Gasteiger partial charge in [-0.1, -0.05) is 18.2 Å². The molecule has 0 N–H and O–H groups in total. The number of hydrogen-bond acceptors (Lipinski definition) is 4. The highest BCUT2D eigenvalue weighted by atomic mass is 32.1. The second-order valence-electron chi connectivity index (χ2n) is 5.04. The predicted octanol–water partition coefficient (Wildman–Crippen LogP) is 2.91. The summed E-state index contributed by atoms with van der Waals surface area (Å²) in [6.07, 6.45) is 1.51. The fourth-order valence-electron chi connectivity index (χ4n) is 2.10. The molecule has 2 aromatic heterocycles. The molecule has 0 aliphatic heterocycles. The van der Waals surface area contributed by atoms with Crippen molar-refractivity contribution < 1.29 is 4.79 Å². The third-order valence-corrected chi connectivity index (χ3v) is 4.40. The number of carbonyl (C=O) groups is 1. The van der Waals surface area contributed by atoms with E-state index < -0.39 is 0 Å². The van der Waals surface area contributed by atoms with Gasteiger partial charge in [-0.2, -0.15) is 9.90 Å². The maximum Gasteiger partial charge on any atom is 0.276 e. The maximum absolute atomic E-state index is 12.4. The van der Waals surface area contributed by atoms with Crippen LogP contribution in [0, 0.1) is 6.92 Å². The molecule has 0 spiro atoms. The number of aromatic nitrogens is 3. The van der Waals surface area contributed by atoms with E-state index in [0.29, 0.717) is 12.2 Å². The summed E-state index contributed by atoms with van der Waals surface area (Å²) in [4.78, 5) is 16.8. The Morgan fingerprint density at radius 3 is 2.73 bits per heavy atom. The number of aryl methyl sites for hydroxylation is 1. The van der Waals surface area contributed by atoms with Gasteiger partial charge in [-0.3, -0.25) is 4.79 Å². The molecule has 0 unspecified atom stereocenters. The van der Waals surface area contributed by atoms with Crippen molar-refractivity contribution in [3.8, 4) is 5.69 Å². The van der Waals surface area contributed by atoms with Crippen LogP contribution >= 0.6 is 11.3 Å². The van der Waals surface area contributed by atoms with Gasteiger partial charge in [0.15, 0.2) is 5.69 Å². The van der Waals surface area contributed by atoms with Gasteiger partial charge in [0.05, 0.1) is 18.4 Å². The summed E-state index contributed by atoms with van der Waals surface area (Å²) in [7, 11) is 1.78. The first-order valence-electron chi connectivity index (χ1n) is 6.91. The molecule has 0 aliphatic rings. The number of rotatable bonds is 4. The van der Waals surface area contributed by atoms with Gasteiger partial charge >= 0.3 is 0 Å². The van der Waals surface area contributed by atoms with Gasteiger partial charge in [0.25, 0.3) is 5.91 Å². The van der Waals surface area contributed by atoms with Gasteiger partial charge < -0.3 is 4.90 Å². The SMILES string of the molecule is Cc1ccsc1CN(C)C(=O)c1cnn(-c2ccccc2)n1. The van der Waals surface area contributed by atoms with E-state index in [1.165, 1.54) is 21.4 Å². The number of hydrogen-bond donors (Lipinski definition) is 0. The molecule has 0 bridgehead atoms. The average Bonchev–Trinajstić information content (AvgIpc) is 3.17. The third-order valence-electron chi connectivity index (χ3n) is 3.39. The molecule has 3 rings (SSSR count). The highest BCUT2D eigenvalue weighted by Crippen LogP contribution is 2.18. The number of para-hydroxylation sites is 1. The standard InChI is InChI=1S/C16H16N4OS/c1-12-8-9-22-15(12)11-19(2)16(21)14-10-17-20(18-14)13-6-4-3-5-7-13/h3-10H,11H2,1-2H3. The lowest BCUT2D eigenvalue weighted by molar-refractivity contribution is 0.0780. The van der Waals surface area contributed by atoms with Crippen LogP contribution in [-0.4, -0.2) is 32.8 Å². The number of carbonyl (C=O) groups excluding carboxylic acids is 1. The Morgan fingerprint density at radius 2 is 2.05 bits per heavy atom. The second kappa shape index (κ2) is 6.11. The van der Waals surface area contributed by atoms with Gasteiger partial charge in [0.1, 0.15) is 0 Å². The summed E-state index contributed by atoms with van der Waals surface area (Å²) in [6.45, 7) is 2.64. The van der Waals surface area contributed by atoms with E-state index >= 15 is 0 Å². The third kappa shape index (κ3) is 2.92. The molecule has 5 nitrogen and oxygen atoms in total. The van der Waals surface area contributed by atoms with Crippen molar-refractivity contribution in [3.63, 3.8) is 0 Å². The zero-order valence-corrected chi connectivity index (χ0v) is 13.2. The van der Waals surface area contributed by atoms with Crippen LogP contribution in [0.2, 0.25) is 0 Å². The van der Waals surface area contributed by atoms with Gasteiger partial charge in [-0.25, -0.2) is 0 Å². The van der Waals surface area contributed by atoms with Crippen molar-refractivity contribution in [2.24, 2.45) is 0 Å². The summed E-state index contributed by atoms with van der Waals surface area (Å²) >= 11 is 1.66. The second-order valence-corrected chi connectivity index (χ2v) is 6.04. The molecule has 0 saturated carbocycles. The number of amides is 1. The van der Waals surface area contributed by atoms with E-state index in [1.807, 2.05) is 35.7 Å². The number of benzene rings is 1. The van der Waals surface area contributed by atoms with Crippen LogP contribution < -0.4 is 0 Å². The van der Waals surface area contributed by atoms with Crippen LogP contribution in [-0.2, 0) is 6.54 Å². The lowest BCUT2D eigenvalue weighted by atomic mass is 10.3. The van der Waals surface area contributed by atoms with Crippen molar-refractivity contribution in [1.29, 1.82) is 0 Å². The Kier molecular flexibility index (Phi) is 4.02. The molecular formula is C16H16N4OS. The van der Waals surface area contributed by atoms with Gasteiger partial charge in [-0.15, -0.1) is 16.4 Å². The van der Waals surface area contributed by atoms with Crippen LogP contribution in [0.1, 0.15) is 20.9 Å². The van der Waals surface area contributed by atoms with Gasteiger partial charge in [-0.05, 0) is 36.1 Å². The van der Waals surface area contributed by atoms with E-state index in [4.69, 9.17) is 0 Å². The Labute approximate surface area is 132 Å². The van der Waals surface area contributed by atoms with Crippen LogP contribution in [0.3, 0.4) is 0 Å². The van der Waals surface area contributed by atoms with E-state index in [-0.39, 0.29) is 5.91 Å². The fourth-order valence-corrected chi connectivity index (χ4v) is 3.05. The molecule has 0 aliphatic carbocycles. The fraction of sp³-hybridized carbons (Fsp3) is 0.188. The Bertz CT molecular complexity index is 778. The zero-order valence-electron chi connectivity index (χ0n) is 12.4. The molecule has 0 fully saturated rings. The van der Waals surface area contributed by atoms with Crippen molar-refractivity contribution in [1.82, 2.24) is 19.9 Å². The lowest BCUT2D eigenvalue weighted by Gasteiger charge is -2.15. The molecule has 3 aromatic rings. The minimum Gasteiger partial charge on any atom is -0.335 e. The van der Waals surface area contributed by atoms with Crippen LogP contribution in [0.4, 0.5) is 0 Å². The first kappa shape index (κ1) is 14.5. The molecule has 0 atom stereocenters. The van der Waals surface area contributed by atoms with Crippen molar-refractivity contribution in [2.45, 2.75) is 13.5 Å². The van der Waals surface area contributed by atoms with Crippen LogP contribution in [0.15, 0.2) is 48.0 Å². The molecule has 112 valence electrons. The normalized spacial score (nSPS) is 10.6. The lowest BCUT2D eigenvalue weighted by Crippen LogP contribution is -2.26. The number of thiophene rings is 1. The van der Waals surface area contributed by atoms with Crippen LogP contribution in [0.25, 0.3) is 5.69 Å². The first-order chi connectivity index (χ1) is 10.6. The predicted molar refractivity (Wildman–Crippen MR) is 86.2 cm³/mol. The quantitative estimate of drug-likeness (QED) is 0.744. The topological polar surface area (TPSA) is 51.0 Å². The molecule has 0 radical (unpaired) electrons. The summed E-state index contributed by atoms with van der Waals surface area (Å²) in [5, 5.41) is 10.5. The van der Waals surface area contributed by atoms with Crippen LogP contribution in [0.5, 0.6) is 0 Å². The minimum atomic E-state index is -0.130. The molecule has 6 heteroatoms. The molecule has 0 saturated heterocycles. The Balaban J connectivity index is 1.75. The van der Waals surface area contributed by atoms with E-state index in [2.05, 4.69) is 23.2 Å². The molecule has 1 aromatic carbocycles. The number of nitrogens with zero attached hydrogens (tertiary/aromatic N) is 4. The van der Waals surface area contributed by atoms with E-state index in [9.17, 15) is 4.79 Å². The van der Waals surface area contributed by atoms with Crippen molar-refractivity contribution >= 4 is 17.2 Å². The summed E-state index contributed by atoms with van der Waals surface area (Å²) < 4.78 is 0. The van der Waals surface area contributed by atoms with E-state index in [0.717, 1.165) is 5.69 Å². The van der Waals surface area contributed by atoms with E-state index in [1.54, 1.807) is 23.3 Å². The smallest absolute Gasteiger partial charge is 0.276 e. The Hall–Kier alpha value is -2.47. The van der Waals surface area contributed by atoms with Gasteiger partial charge in [0, 0.05) is 11.9 Å². The summed E-state index contributed by atoms with van der Waals surface area (Å²) in [5.74, 6) is -0.130. The molecule has 2 heterocycles. The van der Waals surface area contributed by atoms with Crippen molar-refractivity contribution in [2.75, 3.05) is 7.05 Å². The molecule has 1 amide bonds. The molecular weight excluding hydrogens is 296 g/mol. The average molecular weight is 312 g/mol. The highest BCUT2D eigenvalue weighted by molar-refractivity contribution is 7.10. The Morgan fingerprint density at radius 1 is 1.27 bits per heavy atom. The summed E-state index contributed by atoms with van der Waals surface area (Å²) in [5.41, 5.74) is 2.39. The first-order valence-corrected chi connectivity index (χ1v) is 7.79. The highest BCUT2D eigenvalue weighted by Gasteiger charge is 2.17. The van der Waals surface area contributed by atoms with Crippen molar-refractivity contribution in [3.05, 3.63) is 64.1 Å². The summed E-state index contributed by atoms with van der Waals surface area (Å²) in [6, 6.07) is 11.6. The zero-order chi connectivity index (χ0) is 15.5.